The van der Waals surface area contributed by atoms with Crippen molar-refractivity contribution < 1.29 is 9.84 Å². The minimum Gasteiger partial charge on any atom is -0.507 e. The van der Waals surface area contributed by atoms with Gasteiger partial charge in [-0.05, 0) is 38.0 Å². The third-order valence-corrected chi connectivity index (χ3v) is 4.10. The van der Waals surface area contributed by atoms with Crippen molar-refractivity contribution in [3.8, 4) is 11.5 Å². The zero-order valence-electron chi connectivity index (χ0n) is 13.8. The summed E-state index contributed by atoms with van der Waals surface area (Å²) in [5.74, 6) is 0.899. The summed E-state index contributed by atoms with van der Waals surface area (Å²) in [5, 5.41) is 14.1. The van der Waals surface area contributed by atoms with E-state index < -0.39 is 0 Å². The van der Waals surface area contributed by atoms with Gasteiger partial charge in [-0.25, -0.2) is 0 Å². The van der Waals surface area contributed by atoms with Crippen molar-refractivity contribution >= 4 is 0 Å². The molecule has 0 aliphatic heterocycles. The van der Waals surface area contributed by atoms with Crippen molar-refractivity contribution in [3.63, 3.8) is 0 Å². The summed E-state index contributed by atoms with van der Waals surface area (Å²) in [5.41, 5.74) is 1.95. The molecule has 2 rings (SSSR count). The van der Waals surface area contributed by atoms with Crippen LogP contribution in [0.25, 0.3) is 0 Å². The number of phenolic OH excluding ortho intramolecular Hbond substituents is 1. The Balaban J connectivity index is 2.44. The second-order valence-electron chi connectivity index (χ2n) is 6.15. The van der Waals surface area contributed by atoms with Crippen molar-refractivity contribution in [3.05, 3.63) is 59.7 Å². The zero-order valence-corrected chi connectivity index (χ0v) is 13.8. The van der Waals surface area contributed by atoms with Gasteiger partial charge in [0.2, 0.25) is 0 Å². The first-order valence-corrected chi connectivity index (χ1v) is 7.66. The molecular weight excluding hydrogens is 274 g/mol. The Bertz CT molecular complexity index is 608. The largest absolute Gasteiger partial charge is 0.507 e. The van der Waals surface area contributed by atoms with E-state index in [0.717, 1.165) is 17.5 Å². The maximum atomic E-state index is 10.4. The van der Waals surface area contributed by atoms with Gasteiger partial charge in [-0.1, -0.05) is 37.3 Å². The number of methoxy groups -OCH3 is 1. The van der Waals surface area contributed by atoms with Gasteiger partial charge in [0.15, 0.2) is 0 Å². The van der Waals surface area contributed by atoms with Crippen LogP contribution in [0.3, 0.4) is 0 Å². The number of nitrogens with one attached hydrogen (secondary N) is 1. The predicted molar refractivity (Wildman–Crippen MR) is 90.4 cm³/mol. The normalized spacial score (nSPS) is 12.9. The van der Waals surface area contributed by atoms with Gasteiger partial charge >= 0.3 is 0 Å². The molecule has 1 atom stereocenters. The number of benzene rings is 2. The Kier molecular flexibility index (Phi) is 5.09. The predicted octanol–water partition coefficient (Wildman–Crippen LogP) is 4.27. The highest BCUT2D eigenvalue weighted by Crippen LogP contribution is 2.33. The van der Waals surface area contributed by atoms with Crippen LogP contribution in [0.5, 0.6) is 11.5 Å². The lowest BCUT2D eigenvalue weighted by molar-refractivity contribution is 0.341. The Morgan fingerprint density at radius 2 is 1.82 bits per heavy atom. The van der Waals surface area contributed by atoms with Crippen LogP contribution in [0.15, 0.2) is 48.5 Å². The number of hydrogen-bond acceptors (Lipinski definition) is 3. The van der Waals surface area contributed by atoms with Crippen LogP contribution in [0.4, 0.5) is 0 Å². The molecule has 1 unspecified atom stereocenters. The summed E-state index contributed by atoms with van der Waals surface area (Å²) in [4.78, 5) is 0. The van der Waals surface area contributed by atoms with Gasteiger partial charge in [-0.2, -0.15) is 0 Å². The van der Waals surface area contributed by atoms with Crippen LogP contribution < -0.4 is 10.1 Å². The maximum absolute atomic E-state index is 10.4. The summed E-state index contributed by atoms with van der Waals surface area (Å²) in [6.07, 6.45) is 0.993. The quantitative estimate of drug-likeness (QED) is 0.837. The lowest BCUT2D eigenvalue weighted by Gasteiger charge is -2.32. The number of phenols is 1. The highest BCUT2D eigenvalue weighted by molar-refractivity contribution is 5.45. The minimum atomic E-state index is -0.0675. The number of rotatable bonds is 6. The molecule has 2 aromatic rings. The van der Waals surface area contributed by atoms with E-state index in [1.165, 1.54) is 0 Å². The standard InChI is InChI=1S/C19H25NO2/c1-5-19(2,3)20-18(14-9-7-6-8-10-14)16-12-11-15(22-4)13-17(16)21/h6-13,18,20-21H,5H2,1-4H3. The van der Waals surface area contributed by atoms with Crippen LogP contribution in [0.2, 0.25) is 0 Å². The average molecular weight is 299 g/mol. The molecule has 0 amide bonds. The summed E-state index contributed by atoms with van der Waals surface area (Å²) in [7, 11) is 1.60. The number of ether oxygens (including phenoxy) is 1. The van der Waals surface area contributed by atoms with Gasteiger partial charge in [0.1, 0.15) is 11.5 Å². The van der Waals surface area contributed by atoms with Crippen LogP contribution >= 0.6 is 0 Å². The van der Waals surface area contributed by atoms with Crippen molar-refractivity contribution in [2.45, 2.75) is 38.8 Å². The van der Waals surface area contributed by atoms with Crippen LogP contribution in [0.1, 0.15) is 44.4 Å². The molecule has 0 saturated heterocycles. The fourth-order valence-electron chi connectivity index (χ4n) is 2.37. The molecule has 22 heavy (non-hydrogen) atoms. The third kappa shape index (κ3) is 3.80. The Labute approximate surface area is 133 Å². The van der Waals surface area contributed by atoms with Crippen molar-refractivity contribution in [2.24, 2.45) is 0 Å². The molecule has 2 aromatic carbocycles. The summed E-state index contributed by atoms with van der Waals surface area (Å²) >= 11 is 0. The van der Waals surface area contributed by atoms with Crippen LogP contribution in [0, 0.1) is 0 Å². The molecule has 0 spiro atoms. The van der Waals surface area contributed by atoms with E-state index in [2.05, 4.69) is 38.2 Å². The van der Waals surface area contributed by atoms with Gasteiger partial charge in [0, 0.05) is 17.2 Å². The Morgan fingerprint density at radius 3 is 2.36 bits per heavy atom. The zero-order chi connectivity index (χ0) is 16.2. The topological polar surface area (TPSA) is 41.5 Å². The Morgan fingerprint density at radius 1 is 1.14 bits per heavy atom. The maximum Gasteiger partial charge on any atom is 0.124 e. The molecule has 3 heteroatoms. The number of hydrogen-bond donors (Lipinski definition) is 2. The molecule has 0 heterocycles. The van der Waals surface area contributed by atoms with E-state index in [4.69, 9.17) is 4.74 Å². The second kappa shape index (κ2) is 6.84. The van der Waals surface area contributed by atoms with E-state index in [1.807, 2.05) is 30.3 Å². The van der Waals surface area contributed by atoms with Gasteiger partial charge in [0.05, 0.1) is 13.2 Å². The Hall–Kier alpha value is -2.00. The first kappa shape index (κ1) is 16.4. The molecule has 0 aliphatic rings. The summed E-state index contributed by atoms with van der Waals surface area (Å²) in [6, 6.07) is 15.6. The molecule has 0 bridgehead atoms. The first-order valence-electron chi connectivity index (χ1n) is 7.66. The molecule has 0 fully saturated rings. The number of aromatic hydroxyl groups is 1. The smallest absolute Gasteiger partial charge is 0.124 e. The first-order chi connectivity index (χ1) is 10.5. The van der Waals surface area contributed by atoms with Crippen LogP contribution in [-0.4, -0.2) is 17.8 Å². The molecule has 118 valence electrons. The van der Waals surface area contributed by atoms with E-state index >= 15 is 0 Å². The van der Waals surface area contributed by atoms with Crippen molar-refractivity contribution in [1.29, 1.82) is 0 Å². The van der Waals surface area contributed by atoms with Gasteiger partial charge in [0.25, 0.3) is 0 Å². The monoisotopic (exact) mass is 299 g/mol. The molecule has 0 saturated carbocycles. The third-order valence-electron chi connectivity index (χ3n) is 4.10. The second-order valence-corrected chi connectivity index (χ2v) is 6.15. The van der Waals surface area contributed by atoms with Crippen molar-refractivity contribution in [2.75, 3.05) is 7.11 Å². The van der Waals surface area contributed by atoms with Crippen molar-refractivity contribution in [1.82, 2.24) is 5.32 Å². The highest BCUT2D eigenvalue weighted by atomic mass is 16.5. The average Bonchev–Trinajstić information content (AvgIpc) is 2.53. The summed E-state index contributed by atoms with van der Waals surface area (Å²) in [6.45, 7) is 6.50. The molecule has 2 N–H and O–H groups in total. The molecule has 0 aromatic heterocycles. The SMILES string of the molecule is CCC(C)(C)NC(c1ccccc1)c1ccc(OC)cc1O. The van der Waals surface area contributed by atoms with E-state index in [9.17, 15) is 5.11 Å². The molecule has 0 radical (unpaired) electrons. The van der Waals surface area contributed by atoms with E-state index in [-0.39, 0.29) is 17.3 Å². The van der Waals surface area contributed by atoms with Gasteiger partial charge in [-0.15, -0.1) is 0 Å². The lowest BCUT2D eigenvalue weighted by atomic mass is 9.92. The van der Waals surface area contributed by atoms with Crippen LogP contribution in [-0.2, 0) is 0 Å². The van der Waals surface area contributed by atoms with E-state index in [0.29, 0.717) is 5.75 Å². The highest BCUT2D eigenvalue weighted by Gasteiger charge is 2.24. The fourth-order valence-corrected chi connectivity index (χ4v) is 2.37. The molecular formula is C19H25NO2. The minimum absolute atomic E-state index is 0.0348. The summed E-state index contributed by atoms with van der Waals surface area (Å²) < 4.78 is 5.18. The molecule has 0 aliphatic carbocycles. The molecule has 3 nitrogen and oxygen atoms in total. The van der Waals surface area contributed by atoms with Gasteiger partial charge in [-0.3, -0.25) is 0 Å². The fraction of sp³-hybridized carbons (Fsp3) is 0.368. The lowest BCUT2D eigenvalue weighted by Crippen LogP contribution is -2.41. The van der Waals surface area contributed by atoms with Gasteiger partial charge < -0.3 is 15.2 Å². The van der Waals surface area contributed by atoms with E-state index in [1.54, 1.807) is 13.2 Å².